The lowest BCUT2D eigenvalue weighted by atomic mass is 10.2. The van der Waals surface area contributed by atoms with E-state index in [0.29, 0.717) is 5.69 Å². The van der Waals surface area contributed by atoms with Crippen molar-refractivity contribution in [1.29, 1.82) is 0 Å². The highest BCUT2D eigenvalue weighted by atomic mass is 16.6. The van der Waals surface area contributed by atoms with Crippen LogP contribution in [0.5, 0.6) is 0 Å². The molecule has 6 nitrogen and oxygen atoms in total. The van der Waals surface area contributed by atoms with Gasteiger partial charge in [-0.2, -0.15) is 0 Å². The van der Waals surface area contributed by atoms with Gasteiger partial charge in [0.2, 0.25) is 5.91 Å². The molecule has 0 atom stereocenters. The van der Waals surface area contributed by atoms with Crippen molar-refractivity contribution >= 4 is 17.3 Å². The molecule has 15 heavy (non-hydrogen) atoms. The lowest BCUT2D eigenvalue weighted by molar-refractivity contribution is -0.384. The fourth-order valence-electron chi connectivity index (χ4n) is 1.08. The second-order valence-corrected chi connectivity index (χ2v) is 2.93. The molecule has 0 aliphatic heterocycles. The Kier molecular flexibility index (Phi) is 3.35. The summed E-state index contributed by atoms with van der Waals surface area (Å²) in [5.74, 6) is -0.246. The minimum atomic E-state index is -0.492. The van der Waals surface area contributed by atoms with E-state index in [1.54, 1.807) is 7.05 Å². The molecule has 0 radical (unpaired) electrons. The number of carbonyl (C=O) groups is 1. The van der Waals surface area contributed by atoms with Gasteiger partial charge in [-0.15, -0.1) is 0 Å². The minimum absolute atomic E-state index is 0.00709. The molecule has 0 aliphatic rings. The molecule has 1 aromatic carbocycles. The van der Waals surface area contributed by atoms with Crippen LogP contribution < -0.4 is 10.6 Å². The molecular weight excluding hydrogens is 198 g/mol. The Bertz CT molecular complexity index is 375. The quantitative estimate of drug-likeness (QED) is 0.580. The predicted octanol–water partition coefficient (Wildman–Crippen LogP) is 0.516. The summed E-state index contributed by atoms with van der Waals surface area (Å²) in [6, 6.07) is 5.70. The van der Waals surface area contributed by atoms with Gasteiger partial charge in [-0.05, 0) is 12.1 Å². The number of hydrogen-bond donors (Lipinski definition) is 1. The summed E-state index contributed by atoms with van der Waals surface area (Å²) in [6.45, 7) is -0.0898. The highest BCUT2D eigenvalue weighted by molar-refractivity contribution is 5.94. The summed E-state index contributed by atoms with van der Waals surface area (Å²) in [7, 11) is 1.57. The van der Waals surface area contributed by atoms with Crippen molar-refractivity contribution in [3.8, 4) is 0 Å². The molecule has 0 bridgehead atoms. The van der Waals surface area contributed by atoms with Crippen LogP contribution in [0, 0.1) is 10.1 Å². The van der Waals surface area contributed by atoms with Crippen molar-refractivity contribution in [2.75, 3.05) is 18.5 Å². The Hall–Kier alpha value is -1.95. The lowest BCUT2D eigenvalue weighted by Crippen LogP contribution is -2.32. The fourth-order valence-corrected chi connectivity index (χ4v) is 1.08. The summed E-state index contributed by atoms with van der Waals surface area (Å²) in [5, 5.41) is 10.4. The summed E-state index contributed by atoms with van der Waals surface area (Å²) in [4.78, 5) is 22.4. The van der Waals surface area contributed by atoms with Crippen molar-refractivity contribution in [2.24, 2.45) is 5.73 Å². The van der Waals surface area contributed by atoms with Crippen LogP contribution in [0.2, 0.25) is 0 Å². The van der Waals surface area contributed by atoms with Gasteiger partial charge in [0, 0.05) is 24.9 Å². The number of non-ortho nitro benzene ring substituents is 1. The van der Waals surface area contributed by atoms with Crippen LogP contribution in [-0.4, -0.2) is 24.4 Å². The average Bonchev–Trinajstić information content (AvgIpc) is 2.27. The molecule has 0 unspecified atom stereocenters. The van der Waals surface area contributed by atoms with Gasteiger partial charge >= 0.3 is 0 Å². The number of anilines is 1. The summed E-state index contributed by atoms with van der Waals surface area (Å²) in [5.41, 5.74) is 5.76. The van der Waals surface area contributed by atoms with Crippen LogP contribution in [0.4, 0.5) is 11.4 Å². The maximum absolute atomic E-state index is 11.2. The average molecular weight is 209 g/mol. The summed E-state index contributed by atoms with van der Waals surface area (Å²) >= 11 is 0. The first-order chi connectivity index (χ1) is 7.06. The van der Waals surface area contributed by atoms with Crippen LogP contribution in [0.25, 0.3) is 0 Å². The van der Waals surface area contributed by atoms with Gasteiger partial charge in [-0.3, -0.25) is 14.9 Å². The second-order valence-electron chi connectivity index (χ2n) is 2.93. The first-order valence-corrected chi connectivity index (χ1v) is 4.27. The number of nitro groups is 1. The molecule has 0 heterocycles. The van der Waals surface area contributed by atoms with E-state index in [9.17, 15) is 14.9 Å². The molecule has 0 aromatic heterocycles. The third-order valence-corrected chi connectivity index (χ3v) is 2.00. The molecule has 0 fully saturated rings. The molecular formula is C9H11N3O3. The predicted molar refractivity (Wildman–Crippen MR) is 55.6 cm³/mol. The molecule has 80 valence electrons. The standard InChI is InChI=1S/C9H11N3O3/c1-11(9(13)6-10)7-2-4-8(5-3-7)12(14)15/h2-5H,6,10H2,1H3. The number of nitrogens with two attached hydrogens (primary N) is 1. The van der Waals surface area contributed by atoms with Crippen molar-refractivity contribution in [3.05, 3.63) is 34.4 Å². The van der Waals surface area contributed by atoms with Crippen molar-refractivity contribution in [2.45, 2.75) is 0 Å². The Morgan fingerprint density at radius 2 is 2.00 bits per heavy atom. The van der Waals surface area contributed by atoms with Crippen molar-refractivity contribution in [1.82, 2.24) is 0 Å². The fraction of sp³-hybridized carbons (Fsp3) is 0.222. The Morgan fingerprint density at radius 3 is 2.40 bits per heavy atom. The van der Waals surface area contributed by atoms with Crippen LogP contribution in [0.15, 0.2) is 24.3 Å². The first-order valence-electron chi connectivity index (χ1n) is 4.27. The van der Waals surface area contributed by atoms with Gasteiger partial charge in [-0.1, -0.05) is 0 Å². The van der Waals surface area contributed by atoms with E-state index in [4.69, 9.17) is 5.73 Å². The third kappa shape index (κ3) is 2.50. The summed E-state index contributed by atoms with van der Waals surface area (Å²) < 4.78 is 0. The Labute approximate surface area is 86.4 Å². The SMILES string of the molecule is CN(C(=O)CN)c1ccc([N+](=O)[O-])cc1. The van der Waals surface area contributed by atoms with Gasteiger partial charge in [0.05, 0.1) is 11.5 Å². The van der Waals surface area contributed by atoms with Gasteiger partial charge < -0.3 is 10.6 Å². The normalized spacial score (nSPS) is 9.73. The highest BCUT2D eigenvalue weighted by Crippen LogP contribution is 2.18. The van der Waals surface area contributed by atoms with E-state index in [0.717, 1.165) is 0 Å². The van der Waals surface area contributed by atoms with Crippen LogP contribution in [0.1, 0.15) is 0 Å². The van der Waals surface area contributed by atoms with Crippen LogP contribution >= 0.6 is 0 Å². The van der Waals surface area contributed by atoms with E-state index in [1.165, 1.54) is 29.2 Å². The molecule has 2 N–H and O–H groups in total. The molecule has 0 saturated heterocycles. The molecule has 6 heteroatoms. The minimum Gasteiger partial charge on any atom is -0.322 e. The van der Waals surface area contributed by atoms with Gasteiger partial charge in [-0.25, -0.2) is 0 Å². The van der Waals surface area contributed by atoms with E-state index in [1.807, 2.05) is 0 Å². The number of nitro benzene ring substituents is 1. The largest absolute Gasteiger partial charge is 0.322 e. The number of carbonyl (C=O) groups excluding carboxylic acids is 1. The number of rotatable bonds is 3. The summed E-state index contributed by atoms with van der Waals surface area (Å²) in [6.07, 6.45) is 0. The van der Waals surface area contributed by atoms with Gasteiger partial charge in [0.15, 0.2) is 0 Å². The molecule has 0 spiro atoms. The molecule has 1 amide bonds. The van der Waals surface area contributed by atoms with Crippen LogP contribution in [0.3, 0.4) is 0 Å². The topological polar surface area (TPSA) is 89.5 Å². The Morgan fingerprint density at radius 1 is 1.47 bits per heavy atom. The Balaban J connectivity index is 2.89. The monoisotopic (exact) mass is 209 g/mol. The van der Waals surface area contributed by atoms with E-state index >= 15 is 0 Å². The molecule has 1 rings (SSSR count). The van der Waals surface area contributed by atoms with Crippen molar-refractivity contribution in [3.63, 3.8) is 0 Å². The number of nitrogens with zero attached hydrogens (tertiary/aromatic N) is 2. The molecule has 0 saturated carbocycles. The number of amides is 1. The maximum Gasteiger partial charge on any atom is 0.269 e. The molecule has 1 aromatic rings. The van der Waals surface area contributed by atoms with E-state index in [-0.39, 0.29) is 18.1 Å². The number of likely N-dealkylation sites (N-methyl/N-ethyl adjacent to an activating group) is 1. The number of benzene rings is 1. The van der Waals surface area contributed by atoms with Crippen LogP contribution in [-0.2, 0) is 4.79 Å². The second kappa shape index (κ2) is 4.52. The zero-order valence-electron chi connectivity index (χ0n) is 8.21. The lowest BCUT2D eigenvalue weighted by Gasteiger charge is -2.15. The number of hydrogen-bond acceptors (Lipinski definition) is 4. The van der Waals surface area contributed by atoms with Crippen molar-refractivity contribution < 1.29 is 9.72 Å². The van der Waals surface area contributed by atoms with E-state index in [2.05, 4.69) is 0 Å². The highest BCUT2D eigenvalue weighted by Gasteiger charge is 2.10. The first kappa shape index (κ1) is 11.1. The zero-order valence-corrected chi connectivity index (χ0v) is 8.21. The van der Waals surface area contributed by atoms with E-state index < -0.39 is 4.92 Å². The molecule has 0 aliphatic carbocycles. The maximum atomic E-state index is 11.2. The van der Waals surface area contributed by atoms with Gasteiger partial charge in [0.1, 0.15) is 0 Å². The third-order valence-electron chi connectivity index (χ3n) is 2.00. The zero-order chi connectivity index (χ0) is 11.4. The smallest absolute Gasteiger partial charge is 0.269 e. The van der Waals surface area contributed by atoms with Gasteiger partial charge in [0.25, 0.3) is 5.69 Å².